The van der Waals surface area contributed by atoms with Gasteiger partial charge in [0.25, 0.3) is 11.5 Å². The van der Waals surface area contributed by atoms with Crippen LogP contribution in [0.3, 0.4) is 0 Å². The van der Waals surface area contributed by atoms with Crippen LogP contribution < -0.4 is 16.2 Å². The number of halogens is 2. The van der Waals surface area contributed by atoms with E-state index in [4.69, 9.17) is 11.6 Å². The maximum Gasteiger partial charge on any atom is 0.287 e. The number of amides is 1. The van der Waals surface area contributed by atoms with Crippen LogP contribution in [0.5, 0.6) is 0 Å². The Balaban J connectivity index is 1.47. The van der Waals surface area contributed by atoms with Gasteiger partial charge in [0.1, 0.15) is 11.5 Å². The summed E-state index contributed by atoms with van der Waals surface area (Å²) in [7, 11) is 1.80. The molecule has 36 heavy (non-hydrogen) atoms. The Morgan fingerprint density at radius 1 is 1.14 bits per heavy atom. The number of hydrogen-bond donors (Lipinski definition) is 3. The molecule has 0 saturated carbocycles. The van der Waals surface area contributed by atoms with Gasteiger partial charge < -0.3 is 10.6 Å². The van der Waals surface area contributed by atoms with Crippen LogP contribution in [0.4, 0.5) is 21.6 Å². The van der Waals surface area contributed by atoms with Gasteiger partial charge in [0.05, 0.1) is 16.3 Å². The van der Waals surface area contributed by atoms with E-state index in [9.17, 15) is 14.0 Å². The van der Waals surface area contributed by atoms with Crippen LogP contribution in [-0.4, -0.2) is 25.9 Å². The van der Waals surface area contributed by atoms with Crippen LogP contribution in [0, 0.1) is 19.7 Å². The molecule has 3 aromatic heterocycles. The van der Waals surface area contributed by atoms with E-state index in [0.29, 0.717) is 32.5 Å². The summed E-state index contributed by atoms with van der Waals surface area (Å²) >= 11 is 7.32. The molecule has 0 aliphatic heterocycles. The van der Waals surface area contributed by atoms with Crippen LogP contribution in [0.1, 0.15) is 20.9 Å². The third-order valence-electron chi connectivity index (χ3n) is 5.81. The number of aromatic nitrogens is 4. The van der Waals surface area contributed by atoms with Crippen molar-refractivity contribution in [2.24, 2.45) is 7.05 Å². The fourth-order valence-electron chi connectivity index (χ4n) is 3.80. The number of H-pyrrole nitrogens is 1. The zero-order valence-electron chi connectivity index (χ0n) is 19.4. The fraction of sp³-hybridized carbons (Fsp3) is 0.120. The van der Waals surface area contributed by atoms with Crippen LogP contribution in [-0.2, 0) is 7.05 Å². The predicted molar refractivity (Wildman–Crippen MR) is 141 cm³/mol. The highest BCUT2D eigenvalue weighted by atomic mass is 35.5. The van der Waals surface area contributed by atoms with Gasteiger partial charge in [-0.1, -0.05) is 17.7 Å². The Morgan fingerprint density at radius 2 is 1.94 bits per heavy atom. The van der Waals surface area contributed by atoms with Crippen molar-refractivity contribution < 1.29 is 9.18 Å². The van der Waals surface area contributed by atoms with E-state index in [1.54, 1.807) is 55.1 Å². The summed E-state index contributed by atoms with van der Waals surface area (Å²) in [6, 6.07) is 13.3. The first-order valence-electron chi connectivity index (χ1n) is 10.9. The maximum atomic E-state index is 14.8. The van der Waals surface area contributed by atoms with E-state index >= 15 is 0 Å². The Bertz CT molecular complexity index is 1690. The van der Waals surface area contributed by atoms with Crippen LogP contribution in [0.2, 0.25) is 5.02 Å². The molecule has 0 radical (unpaired) electrons. The molecule has 0 bridgehead atoms. The summed E-state index contributed by atoms with van der Waals surface area (Å²) in [5, 5.41) is 18.0. The molecule has 0 unspecified atom stereocenters. The smallest absolute Gasteiger partial charge is 0.287 e. The second-order valence-corrected chi connectivity index (χ2v) is 9.78. The highest BCUT2D eigenvalue weighted by Crippen LogP contribution is 2.33. The number of fused-ring (bicyclic) bond motifs is 1. The number of nitrogens with zero attached hydrogens (tertiary/aromatic N) is 3. The number of rotatable bonds is 5. The van der Waals surface area contributed by atoms with Crippen molar-refractivity contribution in [2.45, 2.75) is 13.8 Å². The van der Waals surface area contributed by atoms with Gasteiger partial charge in [0.2, 0.25) is 0 Å². The minimum atomic E-state index is -0.583. The van der Waals surface area contributed by atoms with Crippen molar-refractivity contribution in [1.29, 1.82) is 0 Å². The maximum absolute atomic E-state index is 14.8. The average Bonchev–Trinajstić information content (AvgIpc) is 3.40. The molecule has 5 rings (SSSR count). The summed E-state index contributed by atoms with van der Waals surface area (Å²) in [5.74, 6) is -0.514. The number of benzene rings is 2. The van der Waals surface area contributed by atoms with Gasteiger partial charge in [-0.3, -0.25) is 14.3 Å². The van der Waals surface area contributed by atoms with Crippen LogP contribution in [0.25, 0.3) is 21.3 Å². The Morgan fingerprint density at radius 3 is 2.69 bits per heavy atom. The third kappa shape index (κ3) is 4.48. The number of carbonyl (C=O) groups is 1. The van der Waals surface area contributed by atoms with E-state index in [1.165, 1.54) is 17.4 Å². The molecule has 5 aromatic rings. The number of anilines is 3. The van der Waals surface area contributed by atoms with Crippen molar-refractivity contribution in [3.8, 4) is 11.3 Å². The molecular formula is C25H20ClFN6O2S. The number of aromatic amines is 1. The summed E-state index contributed by atoms with van der Waals surface area (Å²) in [4.78, 5) is 25.8. The minimum Gasteiger partial charge on any atom is -0.334 e. The van der Waals surface area contributed by atoms with Gasteiger partial charge >= 0.3 is 0 Å². The molecule has 3 heterocycles. The van der Waals surface area contributed by atoms with E-state index in [2.05, 4.69) is 25.9 Å². The summed E-state index contributed by atoms with van der Waals surface area (Å²) in [6.07, 6.45) is 0. The quantitative estimate of drug-likeness (QED) is 0.271. The predicted octanol–water partition coefficient (Wildman–Crippen LogP) is 5.79. The standard InChI is InChI=1S/C25H20ClFN6O2S/c1-12-8-22(32-33(12)3)28-19-11-18(30-31-24(19)34)16-6-7-17(27)23(13(16)2)29-25(35)21-9-14-4-5-15(26)10-20(14)36-21/h4-11H,1-3H3,(H,29,35)(H,31,34)(H,28,30,32). The lowest BCUT2D eigenvalue weighted by molar-refractivity contribution is 0.103. The molecule has 0 atom stereocenters. The first-order chi connectivity index (χ1) is 17.2. The molecule has 0 aliphatic rings. The summed E-state index contributed by atoms with van der Waals surface area (Å²) in [5.41, 5.74) is 2.17. The average molecular weight is 523 g/mol. The van der Waals surface area contributed by atoms with Gasteiger partial charge in [0, 0.05) is 34.1 Å². The summed E-state index contributed by atoms with van der Waals surface area (Å²) < 4.78 is 17.4. The van der Waals surface area contributed by atoms with Crippen molar-refractivity contribution in [3.05, 3.63) is 85.9 Å². The van der Waals surface area contributed by atoms with Crippen LogP contribution in [0.15, 0.2) is 53.3 Å². The Kier molecular flexibility index (Phi) is 6.07. The molecule has 1 amide bonds. The van der Waals surface area contributed by atoms with Crippen molar-refractivity contribution in [1.82, 2.24) is 20.0 Å². The molecule has 0 saturated heterocycles. The SMILES string of the molecule is Cc1c(-c2cc(Nc3cc(C)n(C)n3)c(=O)[nH]n2)ccc(F)c1NC(=O)c1cc2ccc(Cl)cc2s1. The van der Waals surface area contributed by atoms with E-state index in [1.807, 2.05) is 13.0 Å². The molecule has 2 aromatic carbocycles. The van der Waals surface area contributed by atoms with Crippen molar-refractivity contribution in [2.75, 3.05) is 10.6 Å². The van der Waals surface area contributed by atoms with Gasteiger partial charge in [-0.15, -0.1) is 11.3 Å². The first kappa shape index (κ1) is 23.7. The molecule has 8 nitrogen and oxygen atoms in total. The van der Waals surface area contributed by atoms with Gasteiger partial charge in [-0.25, -0.2) is 9.49 Å². The lowest BCUT2D eigenvalue weighted by Crippen LogP contribution is -2.15. The second kappa shape index (κ2) is 9.21. The molecular weight excluding hydrogens is 503 g/mol. The third-order valence-corrected chi connectivity index (χ3v) is 7.15. The van der Waals surface area contributed by atoms with E-state index in [0.717, 1.165) is 15.8 Å². The highest BCUT2D eigenvalue weighted by Gasteiger charge is 2.18. The number of carbonyl (C=O) groups excluding carboxylic acids is 1. The van der Waals surface area contributed by atoms with Gasteiger partial charge in [-0.05, 0) is 61.2 Å². The second-order valence-electron chi connectivity index (χ2n) is 8.26. The Labute approximate surface area is 213 Å². The van der Waals surface area contributed by atoms with Gasteiger partial charge in [0.15, 0.2) is 5.82 Å². The topological polar surface area (TPSA) is 105 Å². The molecule has 0 fully saturated rings. The Hall–Kier alpha value is -4.02. The summed E-state index contributed by atoms with van der Waals surface area (Å²) in [6.45, 7) is 3.58. The highest BCUT2D eigenvalue weighted by molar-refractivity contribution is 7.21. The normalized spacial score (nSPS) is 11.1. The fourth-order valence-corrected chi connectivity index (χ4v) is 5.03. The lowest BCUT2D eigenvalue weighted by atomic mass is 10.0. The molecule has 0 spiro atoms. The lowest BCUT2D eigenvalue weighted by Gasteiger charge is -2.13. The van der Waals surface area contributed by atoms with Crippen molar-refractivity contribution >= 4 is 56.1 Å². The zero-order valence-corrected chi connectivity index (χ0v) is 21.0. The molecule has 0 aliphatic carbocycles. The largest absolute Gasteiger partial charge is 0.334 e. The number of aryl methyl sites for hydroxylation is 2. The molecule has 3 N–H and O–H groups in total. The number of thiophene rings is 1. The first-order valence-corrected chi connectivity index (χ1v) is 12.1. The minimum absolute atomic E-state index is 0.0378. The van der Waals surface area contributed by atoms with Gasteiger partial charge in [-0.2, -0.15) is 10.2 Å². The van der Waals surface area contributed by atoms with Crippen LogP contribution >= 0.6 is 22.9 Å². The zero-order chi connectivity index (χ0) is 25.6. The molecule has 11 heteroatoms. The van der Waals surface area contributed by atoms with E-state index in [-0.39, 0.29) is 11.4 Å². The van der Waals surface area contributed by atoms with Crippen molar-refractivity contribution in [3.63, 3.8) is 0 Å². The number of hydrogen-bond acceptors (Lipinski definition) is 6. The monoisotopic (exact) mass is 522 g/mol. The molecule has 182 valence electrons. The van der Waals surface area contributed by atoms with E-state index < -0.39 is 17.3 Å². The number of nitrogens with one attached hydrogen (secondary N) is 3.